The van der Waals surface area contributed by atoms with Gasteiger partial charge in [0.25, 0.3) is 5.91 Å². The van der Waals surface area contributed by atoms with Gasteiger partial charge in [0.15, 0.2) is 5.69 Å². The van der Waals surface area contributed by atoms with Crippen LogP contribution in [0.25, 0.3) is 0 Å². The van der Waals surface area contributed by atoms with Crippen LogP contribution in [0.1, 0.15) is 47.1 Å². The first-order valence-electron chi connectivity index (χ1n) is 7.88. The number of aryl methyl sites for hydroxylation is 1. The highest BCUT2D eigenvalue weighted by atomic mass is 16.5. The number of benzene rings is 1. The van der Waals surface area contributed by atoms with Crippen molar-refractivity contribution in [3.63, 3.8) is 0 Å². The van der Waals surface area contributed by atoms with Gasteiger partial charge in [0.2, 0.25) is 0 Å². The van der Waals surface area contributed by atoms with E-state index in [0.717, 1.165) is 37.0 Å². The molecule has 1 aliphatic rings. The first-order chi connectivity index (χ1) is 11.2. The van der Waals surface area contributed by atoms with Crippen molar-refractivity contribution >= 4 is 11.6 Å². The number of carbonyl (C=O) groups is 1. The van der Waals surface area contributed by atoms with Gasteiger partial charge in [0.1, 0.15) is 11.5 Å². The molecule has 0 atom stereocenters. The van der Waals surface area contributed by atoms with E-state index in [4.69, 9.17) is 9.26 Å². The van der Waals surface area contributed by atoms with E-state index >= 15 is 0 Å². The zero-order chi connectivity index (χ0) is 16.2. The topological polar surface area (TPSA) is 84.6 Å². The summed E-state index contributed by atoms with van der Waals surface area (Å²) in [4.78, 5) is 12.4. The summed E-state index contributed by atoms with van der Waals surface area (Å²) in [5.74, 6) is 1.15. The molecule has 0 fully saturated rings. The van der Waals surface area contributed by atoms with Crippen LogP contribution in [-0.4, -0.2) is 22.8 Å². The van der Waals surface area contributed by atoms with E-state index in [9.17, 15) is 9.90 Å². The number of nitrogens with zero attached hydrogens (tertiary/aromatic N) is 1. The van der Waals surface area contributed by atoms with Crippen molar-refractivity contribution in [2.24, 2.45) is 0 Å². The summed E-state index contributed by atoms with van der Waals surface area (Å²) in [5.41, 5.74) is 2.50. The number of aliphatic hydroxyl groups excluding tert-OH is 1. The van der Waals surface area contributed by atoms with Gasteiger partial charge < -0.3 is 19.7 Å². The molecule has 0 unspecified atom stereocenters. The Labute approximate surface area is 134 Å². The molecule has 1 amide bonds. The van der Waals surface area contributed by atoms with Gasteiger partial charge >= 0.3 is 0 Å². The lowest BCUT2D eigenvalue weighted by molar-refractivity contribution is 0.101. The van der Waals surface area contributed by atoms with Crippen molar-refractivity contribution in [2.75, 3.05) is 11.9 Å². The number of hydrogen-bond donors (Lipinski definition) is 2. The molecule has 0 radical (unpaired) electrons. The predicted molar refractivity (Wildman–Crippen MR) is 84.6 cm³/mol. The zero-order valence-corrected chi connectivity index (χ0v) is 13.1. The summed E-state index contributed by atoms with van der Waals surface area (Å²) in [5, 5.41) is 16.2. The lowest BCUT2D eigenvalue weighted by Crippen LogP contribution is -2.16. The summed E-state index contributed by atoms with van der Waals surface area (Å²) in [6.07, 6.45) is 3.79. The van der Waals surface area contributed by atoms with Crippen molar-refractivity contribution in [3.05, 3.63) is 40.8 Å². The molecule has 2 N–H and O–H groups in total. The quantitative estimate of drug-likeness (QED) is 0.886. The van der Waals surface area contributed by atoms with Crippen LogP contribution in [0.2, 0.25) is 0 Å². The molecule has 0 saturated heterocycles. The highest BCUT2D eigenvalue weighted by Gasteiger charge is 2.24. The monoisotopic (exact) mass is 316 g/mol. The molecule has 3 rings (SSSR count). The largest absolute Gasteiger partial charge is 0.494 e. The number of nitrogens with one attached hydrogen (secondary N) is 1. The molecule has 1 aromatic heterocycles. The second kappa shape index (κ2) is 6.83. The summed E-state index contributed by atoms with van der Waals surface area (Å²) in [7, 11) is 0. The Hall–Kier alpha value is -2.34. The number of ether oxygens (including phenoxy) is 1. The summed E-state index contributed by atoms with van der Waals surface area (Å²) >= 11 is 0. The zero-order valence-electron chi connectivity index (χ0n) is 13.1. The van der Waals surface area contributed by atoms with Crippen molar-refractivity contribution in [2.45, 2.75) is 39.2 Å². The molecule has 1 aliphatic carbocycles. The normalized spacial score (nSPS) is 13.5. The summed E-state index contributed by atoms with van der Waals surface area (Å²) in [6.45, 7) is 2.24. The molecule has 1 heterocycles. The maximum Gasteiger partial charge on any atom is 0.278 e. The molecule has 6 heteroatoms. The number of hydrogen-bond acceptors (Lipinski definition) is 5. The maximum atomic E-state index is 12.4. The third-order valence-corrected chi connectivity index (χ3v) is 3.95. The molecule has 122 valence electrons. The van der Waals surface area contributed by atoms with Gasteiger partial charge in [0, 0.05) is 23.2 Å². The van der Waals surface area contributed by atoms with Crippen molar-refractivity contribution < 1.29 is 19.2 Å². The Morgan fingerprint density at radius 2 is 2.22 bits per heavy atom. The number of carbonyl (C=O) groups excluding carboxylic acids is 1. The van der Waals surface area contributed by atoms with Gasteiger partial charge in [-0.1, -0.05) is 5.16 Å². The highest BCUT2D eigenvalue weighted by molar-refractivity contribution is 6.04. The van der Waals surface area contributed by atoms with Crippen LogP contribution >= 0.6 is 0 Å². The van der Waals surface area contributed by atoms with Gasteiger partial charge in [-0.05, 0) is 44.4 Å². The number of amides is 1. The average Bonchev–Trinajstić information content (AvgIpc) is 3.00. The van der Waals surface area contributed by atoms with Crippen molar-refractivity contribution in [1.29, 1.82) is 0 Å². The van der Waals surface area contributed by atoms with Gasteiger partial charge in [-0.2, -0.15) is 0 Å². The molecule has 0 bridgehead atoms. The fourth-order valence-corrected chi connectivity index (χ4v) is 2.83. The van der Waals surface area contributed by atoms with E-state index in [2.05, 4.69) is 10.5 Å². The first kappa shape index (κ1) is 15.6. The fourth-order valence-electron chi connectivity index (χ4n) is 2.83. The lowest BCUT2D eigenvalue weighted by Gasteiger charge is -2.12. The van der Waals surface area contributed by atoms with Crippen LogP contribution in [-0.2, 0) is 19.4 Å². The number of fused-ring (bicyclic) bond motifs is 1. The molecule has 2 aromatic rings. The number of rotatable bonds is 5. The number of anilines is 1. The maximum absolute atomic E-state index is 12.4. The van der Waals surface area contributed by atoms with Crippen molar-refractivity contribution in [1.82, 2.24) is 5.16 Å². The van der Waals surface area contributed by atoms with Gasteiger partial charge in [-0.3, -0.25) is 4.79 Å². The Kier molecular flexibility index (Phi) is 4.62. The van der Waals surface area contributed by atoms with Crippen LogP contribution in [0, 0.1) is 0 Å². The second-order valence-electron chi connectivity index (χ2n) is 5.51. The smallest absolute Gasteiger partial charge is 0.278 e. The molecule has 6 nitrogen and oxygen atoms in total. The van der Waals surface area contributed by atoms with Crippen LogP contribution in [0.3, 0.4) is 0 Å². The van der Waals surface area contributed by atoms with Crippen LogP contribution < -0.4 is 10.1 Å². The minimum Gasteiger partial charge on any atom is -0.494 e. The number of aliphatic hydroxyl groups is 1. The van der Waals surface area contributed by atoms with Gasteiger partial charge in [-0.25, -0.2) is 0 Å². The van der Waals surface area contributed by atoms with Gasteiger partial charge in [0.05, 0.1) is 13.2 Å². The van der Waals surface area contributed by atoms with E-state index in [0.29, 0.717) is 29.3 Å². The Bertz CT molecular complexity index is 709. The van der Waals surface area contributed by atoms with E-state index in [1.165, 1.54) is 0 Å². The third kappa shape index (κ3) is 3.22. The van der Waals surface area contributed by atoms with E-state index < -0.39 is 0 Å². The molecule has 0 aliphatic heterocycles. The van der Waals surface area contributed by atoms with Crippen LogP contribution in [0.4, 0.5) is 5.69 Å². The molecule has 23 heavy (non-hydrogen) atoms. The van der Waals surface area contributed by atoms with Crippen molar-refractivity contribution in [3.8, 4) is 5.75 Å². The predicted octanol–water partition coefficient (Wildman–Crippen LogP) is 2.70. The molecular formula is C17H20N2O4. The number of aromatic nitrogens is 1. The minimum atomic E-state index is -0.287. The SMILES string of the molecule is CCOc1ccc(NC(=O)c2noc3c2CCCC3)cc1CO. The average molecular weight is 316 g/mol. The highest BCUT2D eigenvalue weighted by Crippen LogP contribution is 2.26. The van der Waals surface area contributed by atoms with Crippen LogP contribution in [0.5, 0.6) is 5.75 Å². The molecule has 0 saturated carbocycles. The summed E-state index contributed by atoms with van der Waals surface area (Å²) in [6, 6.07) is 5.19. The first-order valence-corrected chi connectivity index (χ1v) is 7.88. The lowest BCUT2D eigenvalue weighted by atomic mass is 9.96. The Morgan fingerprint density at radius 1 is 1.39 bits per heavy atom. The Morgan fingerprint density at radius 3 is 3.00 bits per heavy atom. The van der Waals surface area contributed by atoms with Crippen LogP contribution in [0.15, 0.2) is 22.7 Å². The molecule has 0 spiro atoms. The van der Waals surface area contributed by atoms with E-state index in [-0.39, 0.29) is 12.5 Å². The Balaban J connectivity index is 1.79. The van der Waals surface area contributed by atoms with E-state index in [1.807, 2.05) is 6.92 Å². The fraction of sp³-hybridized carbons (Fsp3) is 0.412. The van der Waals surface area contributed by atoms with Gasteiger partial charge in [-0.15, -0.1) is 0 Å². The molecular weight excluding hydrogens is 296 g/mol. The molecule has 1 aromatic carbocycles. The third-order valence-electron chi connectivity index (χ3n) is 3.95. The standard InChI is InChI=1S/C17H20N2O4/c1-2-22-14-8-7-12(9-11(14)10-20)18-17(21)16-13-5-3-4-6-15(13)23-19-16/h7-9,20H,2-6,10H2,1H3,(H,18,21). The van der Waals surface area contributed by atoms with E-state index in [1.54, 1.807) is 18.2 Å². The summed E-state index contributed by atoms with van der Waals surface area (Å²) < 4.78 is 10.7. The second-order valence-corrected chi connectivity index (χ2v) is 5.51. The minimum absolute atomic E-state index is 0.154.